The van der Waals surface area contributed by atoms with Crippen molar-refractivity contribution in [3.8, 4) is 0 Å². The van der Waals surface area contributed by atoms with E-state index < -0.39 is 11.3 Å². The van der Waals surface area contributed by atoms with Crippen molar-refractivity contribution in [3.05, 3.63) is 12.4 Å². The Morgan fingerprint density at radius 3 is 2.61 bits per heavy atom. The molecule has 1 unspecified atom stereocenters. The molecule has 2 N–H and O–H groups in total. The number of hydrogen-bond donors (Lipinski definition) is 2. The van der Waals surface area contributed by atoms with Crippen molar-refractivity contribution in [1.82, 2.24) is 19.1 Å². The maximum Gasteiger partial charge on any atom is 0.253 e. The molecule has 0 radical (unpaired) electrons. The van der Waals surface area contributed by atoms with Crippen molar-refractivity contribution in [2.24, 2.45) is 0 Å². The maximum absolute atomic E-state index is 11.2. The van der Waals surface area contributed by atoms with E-state index in [4.69, 9.17) is 0 Å². The fourth-order valence-electron chi connectivity index (χ4n) is 1.29. The summed E-state index contributed by atoms with van der Waals surface area (Å²) in [7, 11) is 3.82. The third-order valence-corrected chi connectivity index (χ3v) is 2.97. The minimum absolute atomic E-state index is 0.260. The van der Waals surface area contributed by atoms with Gasteiger partial charge >= 0.3 is 0 Å². The Morgan fingerprint density at radius 2 is 2.17 bits per heavy atom. The van der Waals surface area contributed by atoms with Gasteiger partial charge in [-0.15, -0.1) is 4.41 Å². The lowest BCUT2D eigenvalue weighted by atomic mass is 10.4. The van der Waals surface area contributed by atoms with Gasteiger partial charge in [-0.3, -0.25) is 9.23 Å². The highest BCUT2D eigenvalue weighted by Gasteiger charge is 2.12. The average molecular weight is 275 g/mol. The predicted molar refractivity (Wildman–Crippen MR) is 72.3 cm³/mol. The van der Waals surface area contributed by atoms with Crippen LogP contribution in [0.15, 0.2) is 12.4 Å². The van der Waals surface area contributed by atoms with Crippen molar-refractivity contribution in [2.75, 3.05) is 32.6 Å². The quantitative estimate of drug-likeness (QED) is 0.568. The van der Waals surface area contributed by atoms with Crippen LogP contribution in [0, 0.1) is 0 Å². The second-order valence-corrected chi connectivity index (χ2v) is 5.45. The first-order chi connectivity index (χ1) is 8.40. The summed E-state index contributed by atoms with van der Waals surface area (Å²) in [6.45, 7) is 5.15. The van der Waals surface area contributed by atoms with Gasteiger partial charge in [-0.2, -0.15) is 5.10 Å². The Balaban J connectivity index is 2.62. The van der Waals surface area contributed by atoms with E-state index in [0.717, 1.165) is 0 Å². The largest absolute Gasteiger partial charge is 0.308 e. The zero-order valence-corrected chi connectivity index (χ0v) is 12.0. The lowest BCUT2D eigenvalue weighted by Gasteiger charge is -2.20. The molecule has 1 aromatic heterocycles. The van der Waals surface area contributed by atoms with Crippen LogP contribution in [-0.2, 0) is 11.3 Å². The van der Waals surface area contributed by atoms with Crippen LogP contribution in [0.1, 0.15) is 19.9 Å². The number of hydrazine groups is 1. The summed E-state index contributed by atoms with van der Waals surface area (Å²) < 4.78 is 23.4. The highest BCUT2D eigenvalue weighted by molar-refractivity contribution is 7.76. The van der Waals surface area contributed by atoms with Gasteiger partial charge < -0.3 is 10.3 Å². The Kier molecular flexibility index (Phi) is 5.73. The van der Waals surface area contributed by atoms with Gasteiger partial charge in [0.05, 0.1) is 11.9 Å². The Hall–Kier alpha value is -0.960. The fourth-order valence-corrected chi connectivity index (χ4v) is 1.71. The van der Waals surface area contributed by atoms with E-state index >= 15 is 0 Å². The number of anilines is 1. The molecular weight excluding hydrogens is 254 g/mol. The van der Waals surface area contributed by atoms with Crippen molar-refractivity contribution in [3.63, 3.8) is 0 Å². The number of nitrogens with one attached hydrogen (secondary N) is 1. The number of likely N-dealkylation sites (N-methyl/N-ethyl adjacent to an activating group) is 1. The molecule has 1 heterocycles. The van der Waals surface area contributed by atoms with E-state index in [0.29, 0.717) is 18.8 Å². The number of rotatable bonds is 7. The maximum atomic E-state index is 11.2. The minimum Gasteiger partial charge on any atom is -0.308 e. The summed E-state index contributed by atoms with van der Waals surface area (Å²) in [6.07, 6.45) is 3.44. The molecular formula is C10H21N5O2S. The molecule has 8 heteroatoms. The van der Waals surface area contributed by atoms with E-state index in [-0.39, 0.29) is 6.04 Å². The van der Waals surface area contributed by atoms with Gasteiger partial charge in [0, 0.05) is 25.3 Å². The second-order valence-electron chi connectivity index (χ2n) is 4.55. The molecule has 0 saturated carbocycles. The first kappa shape index (κ1) is 15.1. The van der Waals surface area contributed by atoms with Crippen LogP contribution in [0.4, 0.5) is 5.69 Å². The highest BCUT2D eigenvalue weighted by atomic mass is 32.2. The number of hydrogen-bond acceptors (Lipinski definition) is 4. The first-order valence-electron chi connectivity index (χ1n) is 5.74. The summed E-state index contributed by atoms with van der Waals surface area (Å²) in [5.41, 5.74) is 3.58. The van der Waals surface area contributed by atoms with Crippen molar-refractivity contribution >= 4 is 17.0 Å². The predicted octanol–water partition coefficient (Wildman–Crippen LogP) is 0.791. The van der Waals surface area contributed by atoms with Crippen molar-refractivity contribution in [1.29, 1.82) is 0 Å². The van der Waals surface area contributed by atoms with E-state index in [1.807, 2.05) is 32.8 Å². The summed E-state index contributed by atoms with van der Waals surface area (Å²) in [4.78, 5) is 1.94. The van der Waals surface area contributed by atoms with E-state index in [9.17, 15) is 8.76 Å². The highest BCUT2D eigenvalue weighted by Crippen LogP contribution is 2.11. The normalized spacial score (nSPS) is 13.6. The summed E-state index contributed by atoms with van der Waals surface area (Å²) in [5, 5.41) is 4.16. The lowest BCUT2D eigenvalue weighted by Crippen LogP contribution is -2.37. The van der Waals surface area contributed by atoms with Crippen LogP contribution in [0.25, 0.3) is 0 Å². The molecule has 7 nitrogen and oxygen atoms in total. The minimum atomic E-state index is -2.06. The third-order valence-electron chi connectivity index (χ3n) is 2.32. The van der Waals surface area contributed by atoms with Gasteiger partial charge in [-0.25, -0.2) is 4.21 Å². The molecule has 0 aromatic carbocycles. The van der Waals surface area contributed by atoms with E-state index in [1.54, 1.807) is 17.1 Å². The zero-order valence-electron chi connectivity index (χ0n) is 11.2. The average Bonchev–Trinajstić information content (AvgIpc) is 2.71. The van der Waals surface area contributed by atoms with Crippen molar-refractivity contribution in [2.45, 2.75) is 19.9 Å². The van der Waals surface area contributed by atoms with Gasteiger partial charge in [0.1, 0.15) is 0 Å². The SMILES string of the molecule is CC(C)n1cc(NN(CCN(C)C)S(=O)O)cn1. The van der Waals surface area contributed by atoms with Crippen LogP contribution in [0.5, 0.6) is 0 Å². The van der Waals surface area contributed by atoms with Gasteiger partial charge in [0.15, 0.2) is 0 Å². The smallest absolute Gasteiger partial charge is 0.253 e. The molecule has 1 rings (SSSR count). The summed E-state index contributed by atoms with van der Waals surface area (Å²) >= 11 is -2.06. The molecule has 0 fully saturated rings. The van der Waals surface area contributed by atoms with Gasteiger partial charge in [-0.05, 0) is 27.9 Å². The molecule has 1 atom stereocenters. The lowest BCUT2D eigenvalue weighted by molar-refractivity contribution is 0.352. The molecule has 104 valence electrons. The molecule has 0 aliphatic rings. The van der Waals surface area contributed by atoms with E-state index in [1.165, 1.54) is 4.41 Å². The summed E-state index contributed by atoms with van der Waals surface area (Å²) in [6, 6.07) is 0.260. The molecule has 0 saturated heterocycles. The Morgan fingerprint density at radius 1 is 1.50 bits per heavy atom. The topological polar surface area (TPSA) is 73.6 Å². The van der Waals surface area contributed by atoms with Gasteiger partial charge in [0.2, 0.25) is 0 Å². The Bertz CT molecular complexity index is 393. The molecule has 1 aromatic rings. The Labute approximate surface area is 110 Å². The van der Waals surface area contributed by atoms with E-state index in [2.05, 4.69) is 10.5 Å². The zero-order chi connectivity index (χ0) is 13.7. The molecule has 0 amide bonds. The summed E-state index contributed by atoms with van der Waals surface area (Å²) in [5.74, 6) is 0. The van der Waals surface area contributed by atoms with Crippen LogP contribution in [0.3, 0.4) is 0 Å². The molecule has 0 spiro atoms. The number of aromatic nitrogens is 2. The number of nitrogens with zero attached hydrogens (tertiary/aromatic N) is 4. The van der Waals surface area contributed by atoms with Crippen molar-refractivity contribution < 1.29 is 8.76 Å². The molecule has 0 bridgehead atoms. The van der Waals surface area contributed by atoms with Crippen LogP contribution >= 0.6 is 0 Å². The van der Waals surface area contributed by atoms with Gasteiger partial charge in [0.25, 0.3) is 11.3 Å². The van der Waals surface area contributed by atoms with Crippen LogP contribution < -0.4 is 5.43 Å². The fraction of sp³-hybridized carbons (Fsp3) is 0.700. The van der Waals surface area contributed by atoms with Gasteiger partial charge in [-0.1, -0.05) is 0 Å². The second kappa shape index (κ2) is 6.83. The monoisotopic (exact) mass is 275 g/mol. The molecule has 18 heavy (non-hydrogen) atoms. The molecule has 0 aliphatic carbocycles. The van der Waals surface area contributed by atoms with Crippen LogP contribution in [-0.4, -0.2) is 55.0 Å². The first-order valence-corrected chi connectivity index (χ1v) is 6.80. The standard InChI is InChI=1S/C10H21N5O2S/c1-9(2)14-8-10(7-11-14)12-15(18(16)17)6-5-13(3)4/h7-9,12H,5-6H2,1-4H3,(H,16,17). The van der Waals surface area contributed by atoms with Crippen LogP contribution in [0.2, 0.25) is 0 Å². The third kappa shape index (κ3) is 4.73. The molecule has 0 aliphatic heterocycles.